The summed E-state index contributed by atoms with van der Waals surface area (Å²) in [7, 11) is 0. The lowest BCUT2D eigenvalue weighted by atomic mass is 10.2. The SMILES string of the molecule is NC(=O)c1ccc(C(F)(F)F)nc1OCCN1CCCC1. The third-order valence-electron chi connectivity index (χ3n) is 3.26. The molecule has 0 saturated carbocycles. The van der Waals surface area contributed by atoms with Gasteiger partial charge in [-0.15, -0.1) is 0 Å². The van der Waals surface area contributed by atoms with Crippen molar-refractivity contribution in [2.45, 2.75) is 19.0 Å². The number of rotatable bonds is 5. The van der Waals surface area contributed by atoms with Crippen LogP contribution < -0.4 is 10.5 Å². The van der Waals surface area contributed by atoms with E-state index in [1.54, 1.807) is 0 Å². The van der Waals surface area contributed by atoms with E-state index >= 15 is 0 Å². The number of alkyl halides is 3. The molecule has 8 heteroatoms. The first kappa shape index (κ1) is 15.6. The quantitative estimate of drug-likeness (QED) is 0.898. The van der Waals surface area contributed by atoms with Crippen LogP contribution in [0.3, 0.4) is 0 Å². The fourth-order valence-electron chi connectivity index (χ4n) is 2.17. The number of nitrogens with two attached hydrogens (primary N) is 1. The van der Waals surface area contributed by atoms with Gasteiger partial charge in [0, 0.05) is 6.54 Å². The first-order chi connectivity index (χ1) is 9.88. The molecule has 1 aromatic heterocycles. The average Bonchev–Trinajstić information content (AvgIpc) is 2.90. The number of hydrogen-bond donors (Lipinski definition) is 1. The van der Waals surface area contributed by atoms with Crippen molar-refractivity contribution in [2.75, 3.05) is 26.2 Å². The number of ether oxygens (including phenoxy) is 1. The smallest absolute Gasteiger partial charge is 0.433 e. The van der Waals surface area contributed by atoms with Gasteiger partial charge in [-0.2, -0.15) is 13.2 Å². The van der Waals surface area contributed by atoms with E-state index in [9.17, 15) is 18.0 Å². The molecule has 0 atom stereocenters. The summed E-state index contributed by atoms with van der Waals surface area (Å²) >= 11 is 0. The minimum absolute atomic E-state index is 0.149. The number of pyridine rings is 1. The molecule has 0 radical (unpaired) electrons. The highest BCUT2D eigenvalue weighted by Gasteiger charge is 2.33. The monoisotopic (exact) mass is 303 g/mol. The van der Waals surface area contributed by atoms with Crippen LogP contribution in [0.4, 0.5) is 13.2 Å². The highest BCUT2D eigenvalue weighted by Crippen LogP contribution is 2.30. The Morgan fingerprint density at radius 3 is 2.57 bits per heavy atom. The van der Waals surface area contributed by atoms with Gasteiger partial charge in [-0.25, -0.2) is 4.98 Å². The lowest BCUT2D eigenvalue weighted by molar-refractivity contribution is -0.141. The highest BCUT2D eigenvalue weighted by molar-refractivity contribution is 5.95. The molecule has 1 aliphatic heterocycles. The van der Waals surface area contributed by atoms with Gasteiger partial charge in [-0.3, -0.25) is 9.69 Å². The number of primary amides is 1. The molecule has 116 valence electrons. The third-order valence-corrected chi connectivity index (χ3v) is 3.26. The average molecular weight is 303 g/mol. The molecule has 2 N–H and O–H groups in total. The molecule has 21 heavy (non-hydrogen) atoms. The van der Waals surface area contributed by atoms with E-state index in [0.29, 0.717) is 12.6 Å². The zero-order chi connectivity index (χ0) is 15.5. The van der Waals surface area contributed by atoms with Crippen LogP contribution in [0, 0.1) is 0 Å². The Hall–Kier alpha value is -1.83. The summed E-state index contributed by atoms with van der Waals surface area (Å²) < 4.78 is 43.1. The molecule has 0 aliphatic carbocycles. The van der Waals surface area contributed by atoms with E-state index in [4.69, 9.17) is 10.5 Å². The summed E-state index contributed by atoms with van der Waals surface area (Å²) in [5, 5.41) is 0. The van der Waals surface area contributed by atoms with Gasteiger partial charge in [0.05, 0.1) is 0 Å². The van der Waals surface area contributed by atoms with Crippen LogP contribution in [-0.2, 0) is 6.18 Å². The van der Waals surface area contributed by atoms with Gasteiger partial charge in [-0.1, -0.05) is 0 Å². The fraction of sp³-hybridized carbons (Fsp3) is 0.538. The number of hydrogen-bond acceptors (Lipinski definition) is 4. The van der Waals surface area contributed by atoms with Crippen molar-refractivity contribution in [3.05, 3.63) is 23.4 Å². The predicted molar refractivity (Wildman–Crippen MR) is 68.9 cm³/mol. The molecule has 1 fully saturated rings. The van der Waals surface area contributed by atoms with Crippen molar-refractivity contribution in [1.29, 1.82) is 0 Å². The van der Waals surface area contributed by atoms with Crippen LogP contribution in [0.2, 0.25) is 0 Å². The number of halogens is 3. The predicted octanol–water partition coefficient (Wildman–Crippen LogP) is 1.67. The second kappa shape index (κ2) is 6.30. The van der Waals surface area contributed by atoms with Gasteiger partial charge >= 0.3 is 6.18 Å². The van der Waals surface area contributed by atoms with E-state index in [1.807, 2.05) is 0 Å². The molecule has 0 spiro atoms. The van der Waals surface area contributed by atoms with Crippen molar-refractivity contribution < 1.29 is 22.7 Å². The lowest BCUT2D eigenvalue weighted by Crippen LogP contribution is -2.26. The molecular weight excluding hydrogens is 287 g/mol. The van der Waals surface area contributed by atoms with Gasteiger partial charge < -0.3 is 10.5 Å². The third kappa shape index (κ3) is 4.07. The van der Waals surface area contributed by atoms with Crippen LogP contribution in [0.25, 0.3) is 0 Å². The molecule has 0 aromatic carbocycles. The summed E-state index contributed by atoms with van der Waals surface area (Å²) in [4.78, 5) is 16.7. The second-order valence-electron chi connectivity index (χ2n) is 4.81. The number of likely N-dealkylation sites (tertiary alicyclic amines) is 1. The zero-order valence-electron chi connectivity index (χ0n) is 11.3. The summed E-state index contributed by atoms with van der Waals surface area (Å²) in [6, 6.07) is 1.71. The summed E-state index contributed by atoms with van der Waals surface area (Å²) in [6.45, 7) is 2.63. The lowest BCUT2D eigenvalue weighted by Gasteiger charge is -2.16. The molecule has 1 saturated heterocycles. The van der Waals surface area contributed by atoms with Crippen molar-refractivity contribution in [3.8, 4) is 5.88 Å². The van der Waals surface area contributed by atoms with E-state index in [0.717, 1.165) is 32.0 Å². The second-order valence-corrected chi connectivity index (χ2v) is 4.81. The molecule has 0 bridgehead atoms. The van der Waals surface area contributed by atoms with Crippen molar-refractivity contribution in [2.24, 2.45) is 5.73 Å². The summed E-state index contributed by atoms with van der Waals surface area (Å²) in [6.07, 6.45) is -2.38. The number of aromatic nitrogens is 1. The maximum atomic E-state index is 12.6. The molecule has 0 unspecified atom stereocenters. The molecule has 1 aliphatic rings. The van der Waals surface area contributed by atoms with Crippen LogP contribution in [-0.4, -0.2) is 42.0 Å². The number of carbonyl (C=O) groups excluding carboxylic acids is 1. The Morgan fingerprint density at radius 1 is 1.33 bits per heavy atom. The van der Waals surface area contributed by atoms with Crippen molar-refractivity contribution >= 4 is 5.91 Å². The Kier molecular flexibility index (Phi) is 4.66. The van der Waals surface area contributed by atoms with Gasteiger partial charge in [0.1, 0.15) is 17.9 Å². The molecule has 2 heterocycles. The van der Waals surface area contributed by atoms with Crippen LogP contribution in [0.5, 0.6) is 5.88 Å². The Morgan fingerprint density at radius 2 is 2.00 bits per heavy atom. The Balaban J connectivity index is 2.08. The molecule has 2 rings (SSSR count). The minimum Gasteiger partial charge on any atom is -0.476 e. The Bertz CT molecular complexity index is 514. The molecule has 1 aromatic rings. The van der Waals surface area contributed by atoms with Crippen LogP contribution >= 0.6 is 0 Å². The number of amides is 1. The zero-order valence-corrected chi connectivity index (χ0v) is 11.3. The molecular formula is C13H16F3N3O2. The van der Waals surface area contributed by atoms with Gasteiger partial charge in [0.15, 0.2) is 0 Å². The van der Waals surface area contributed by atoms with E-state index < -0.39 is 17.8 Å². The fourth-order valence-corrected chi connectivity index (χ4v) is 2.17. The first-order valence-electron chi connectivity index (χ1n) is 6.61. The standard InChI is InChI=1S/C13H16F3N3O2/c14-13(15,16)10-4-3-9(11(17)20)12(18-10)21-8-7-19-5-1-2-6-19/h3-4H,1-2,5-8H2,(H2,17,20). The number of carbonyl (C=O) groups is 1. The van der Waals surface area contributed by atoms with Crippen LogP contribution in [0.1, 0.15) is 28.9 Å². The minimum atomic E-state index is -4.59. The largest absolute Gasteiger partial charge is 0.476 e. The normalized spacial score (nSPS) is 16.1. The van der Waals surface area contributed by atoms with Crippen molar-refractivity contribution in [1.82, 2.24) is 9.88 Å². The summed E-state index contributed by atoms with van der Waals surface area (Å²) in [5.74, 6) is -1.23. The topological polar surface area (TPSA) is 68.5 Å². The first-order valence-corrected chi connectivity index (χ1v) is 6.61. The highest BCUT2D eigenvalue weighted by atomic mass is 19.4. The van der Waals surface area contributed by atoms with Gasteiger partial charge in [-0.05, 0) is 38.1 Å². The maximum absolute atomic E-state index is 12.6. The van der Waals surface area contributed by atoms with Gasteiger partial charge in [0.2, 0.25) is 5.88 Å². The van der Waals surface area contributed by atoms with E-state index in [2.05, 4.69) is 9.88 Å². The molecule has 5 nitrogen and oxygen atoms in total. The van der Waals surface area contributed by atoms with Crippen molar-refractivity contribution in [3.63, 3.8) is 0 Å². The summed E-state index contributed by atoms with van der Waals surface area (Å²) in [5.41, 5.74) is 3.86. The molecule has 1 amide bonds. The maximum Gasteiger partial charge on any atom is 0.433 e. The number of nitrogens with zero attached hydrogens (tertiary/aromatic N) is 2. The Labute approximate surface area is 119 Å². The van der Waals surface area contributed by atoms with Gasteiger partial charge in [0.25, 0.3) is 5.91 Å². The van der Waals surface area contributed by atoms with E-state index in [1.165, 1.54) is 0 Å². The van der Waals surface area contributed by atoms with Crippen LogP contribution in [0.15, 0.2) is 12.1 Å². The van der Waals surface area contributed by atoms with E-state index in [-0.39, 0.29) is 18.1 Å².